The van der Waals surface area contributed by atoms with E-state index in [2.05, 4.69) is 10.5 Å². The van der Waals surface area contributed by atoms with Gasteiger partial charge in [-0.05, 0) is 30.3 Å². The van der Waals surface area contributed by atoms with Gasteiger partial charge in [0.25, 0.3) is 5.91 Å². The number of nitrogens with one attached hydrogen (secondary N) is 1. The van der Waals surface area contributed by atoms with E-state index in [-0.39, 0.29) is 5.91 Å². The van der Waals surface area contributed by atoms with Gasteiger partial charge >= 0.3 is 0 Å². The topological polar surface area (TPSA) is 50.7 Å². The van der Waals surface area contributed by atoms with E-state index in [0.29, 0.717) is 32.2 Å². The van der Waals surface area contributed by atoms with Crippen LogP contribution in [0.1, 0.15) is 11.3 Å². The summed E-state index contributed by atoms with van der Waals surface area (Å²) in [5.41, 5.74) is 1.19. The molecule has 0 saturated carbocycles. The number of oxime groups is 1. The van der Waals surface area contributed by atoms with Gasteiger partial charge in [0.05, 0.1) is 19.9 Å². The second-order valence-electron chi connectivity index (χ2n) is 4.55. The molecule has 0 spiro atoms. The van der Waals surface area contributed by atoms with Gasteiger partial charge in [-0.1, -0.05) is 40.0 Å². The fourth-order valence-electron chi connectivity index (χ4n) is 1.94. The number of halogens is 3. The monoisotopic (exact) mass is 374 g/mol. The van der Waals surface area contributed by atoms with Crippen molar-refractivity contribution in [1.82, 2.24) is 0 Å². The van der Waals surface area contributed by atoms with Crippen molar-refractivity contribution in [2.45, 2.75) is 12.5 Å². The zero-order valence-electron chi connectivity index (χ0n) is 11.0. The molecule has 1 aromatic heterocycles. The minimum Gasteiger partial charge on any atom is -0.382 e. The standard InChI is InChI=1S/C14H9Cl3N2O2S/c15-7-1-2-9(8(16)5-7)18-14(20)11-6-10(19-21-11)12-3-4-13(17)22-12/h1-5,11H,6H2,(H,18,20). The first-order valence-electron chi connectivity index (χ1n) is 6.27. The maximum atomic E-state index is 12.2. The van der Waals surface area contributed by atoms with Crippen LogP contribution in [0.2, 0.25) is 14.4 Å². The maximum Gasteiger partial charge on any atom is 0.268 e. The minimum atomic E-state index is -0.692. The Bertz CT molecular complexity index is 760. The van der Waals surface area contributed by atoms with Crippen LogP contribution in [0.15, 0.2) is 35.5 Å². The van der Waals surface area contributed by atoms with Crippen molar-refractivity contribution < 1.29 is 9.63 Å². The molecule has 2 aromatic rings. The Hall–Kier alpha value is -1.27. The SMILES string of the molecule is O=C(Nc1ccc(Cl)cc1Cl)C1CC(c2ccc(Cl)s2)=NO1. The van der Waals surface area contributed by atoms with Crippen LogP contribution >= 0.6 is 46.1 Å². The molecular formula is C14H9Cl3N2O2S. The van der Waals surface area contributed by atoms with Crippen molar-refractivity contribution in [3.05, 3.63) is 49.6 Å². The predicted molar refractivity (Wildman–Crippen MR) is 90.4 cm³/mol. The molecule has 0 bridgehead atoms. The molecule has 2 heterocycles. The van der Waals surface area contributed by atoms with E-state index in [1.165, 1.54) is 11.3 Å². The minimum absolute atomic E-state index is 0.314. The first-order chi connectivity index (χ1) is 10.5. The number of hydrogen-bond acceptors (Lipinski definition) is 4. The first-order valence-corrected chi connectivity index (χ1v) is 8.22. The van der Waals surface area contributed by atoms with Gasteiger partial charge in [0.1, 0.15) is 5.71 Å². The summed E-state index contributed by atoms with van der Waals surface area (Å²) in [6, 6.07) is 8.48. The normalized spacial score (nSPS) is 17.0. The molecule has 4 nitrogen and oxygen atoms in total. The molecule has 1 N–H and O–H groups in total. The average molecular weight is 376 g/mol. The van der Waals surface area contributed by atoms with E-state index in [4.69, 9.17) is 39.6 Å². The number of carbonyl (C=O) groups is 1. The number of amides is 1. The number of nitrogens with zero attached hydrogens (tertiary/aromatic N) is 1. The highest BCUT2D eigenvalue weighted by atomic mass is 35.5. The molecule has 1 atom stereocenters. The summed E-state index contributed by atoms with van der Waals surface area (Å²) >= 11 is 19.1. The molecule has 0 aliphatic carbocycles. The van der Waals surface area contributed by atoms with Crippen LogP contribution in [0.3, 0.4) is 0 Å². The lowest BCUT2D eigenvalue weighted by molar-refractivity contribution is -0.125. The largest absolute Gasteiger partial charge is 0.382 e. The lowest BCUT2D eigenvalue weighted by Crippen LogP contribution is -2.28. The number of anilines is 1. The van der Waals surface area contributed by atoms with Gasteiger partial charge in [-0.2, -0.15) is 0 Å². The Kier molecular flexibility index (Phi) is 4.59. The second kappa shape index (κ2) is 6.46. The molecule has 0 saturated heterocycles. The first kappa shape index (κ1) is 15.6. The zero-order valence-corrected chi connectivity index (χ0v) is 14.1. The smallest absolute Gasteiger partial charge is 0.268 e. The summed E-state index contributed by atoms with van der Waals surface area (Å²) in [6.07, 6.45) is -0.309. The van der Waals surface area contributed by atoms with Crippen LogP contribution in [-0.4, -0.2) is 17.7 Å². The zero-order chi connectivity index (χ0) is 15.7. The molecule has 22 heavy (non-hydrogen) atoms. The van der Waals surface area contributed by atoms with Crippen LogP contribution in [0.5, 0.6) is 0 Å². The summed E-state index contributed by atoms with van der Waals surface area (Å²) in [7, 11) is 0. The Morgan fingerprint density at radius 3 is 2.77 bits per heavy atom. The van der Waals surface area contributed by atoms with Gasteiger partial charge in [0.2, 0.25) is 6.10 Å². The van der Waals surface area contributed by atoms with Gasteiger partial charge < -0.3 is 10.2 Å². The fourth-order valence-corrected chi connectivity index (χ4v) is 3.43. The Labute approximate surface area is 145 Å². The van der Waals surface area contributed by atoms with Gasteiger partial charge in [-0.25, -0.2) is 0 Å². The second-order valence-corrected chi connectivity index (χ2v) is 7.11. The van der Waals surface area contributed by atoms with Crippen LogP contribution in [0.4, 0.5) is 5.69 Å². The average Bonchev–Trinajstić information content (AvgIpc) is 3.10. The molecular weight excluding hydrogens is 367 g/mol. The van der Waals surface area contributed by atoms with E-state index in [9.17, 15) is 4.79 Å². The number of thiophene rings is 1. The molecule has 1 aliphatic rings. The molecule has 1 unspecified atom stereocenters. The van der Waals surface area contributed by atoms with Crippen molar-refractivity contribution in [2.75, 3.05) is 5.32 Å². The Morgan fingerprint density at radius 2 is 2.09 bits per heavy atom. The third-order valence-corrected chi connectivity index (χ3v) is 4.84. The van der Waals surface area contributed by atoms with E-state index in [0.717, 1.165) is 4.88 Å². The van der Waals surface area contributed by atoms with Gasteiger partial charge in [0, 0.05) is 11.4 Å². The van der Waals surface area contributed by atoms with E-state index < -0.39 is 6.10 Å². The fraction of sp³-hybridized carbons (Fsp3) is 0.143. The molecule has 8 heteroatoms. The number of carbonyl (C=O) groups excluding carboxylic acids is 1. The van der Waals surface area contributed by atoms with E-state index >= 15 is 0 Å². The molecule has 1 aromatic carbocycles. The summed E-state index contributed by atoms with van der Waals surface area (Å²) in [5, 5.41) is 7.53. The van der Waals surface area contributed by atoms with E-state index in [1.807, 2.05) is 6.07 Å². The van der Waals surface area contributed by atoms with Crippen molar-refractivity contribution in [2.24, 2.45) is 5.16 Å². The highest BCUT2D eigenvalue weighted by Gasteiger charge is 2.29. The Balaban J connectivity index is 1.65. The Morgan fingerprint density at radius 1 is 1.27 bits per heavy atom. The molecule has 1 amide bonds. The predicted octanol–water partition coefficient (Wildman–Crippen LogP) is 4.84. The summed E-state index contributed by atoms with van der Waals surface area (Å²) in [6.45, 7) is 0. The summed E-state index contributed by atoms with van der Waals surface area (Å²) < 4.78 is 0.665. The molecule has 1 aliphatic heterocycles. The highest BCUT2D eigenvalue weighted by molar-refractivity contribution is 7.18. The lowest BCUT2D eigenvalue weighted by Gasteiger charge is -2.10. The molecule has 0 radical (unpaired) electrons. The van der Waals surface area contributed by atoms with E-state index in [1.54, 1.807) is 24.3 Å². The molecule has 0 fully saturated rings. The van der Waals surface area contributed by atoms with Crippen LogP contribution in [0.25, 0.3) is 0 Å². The maximum absolute atomic E-state index is 12.2. The quantitative estimate of drug-likeness (QED) is 0.834. The number of rotatable bonds is 3. The van der Waals surface area contributed by atoms with Crippen LogP contribution < -0.4 is 5.32 Å². The van der Waals surface area contributed by atoms with Crippen molar-refractivity contribution in [1.29, 1.82) is 0 Å². The van der Waals surface area contributed by atoms with Crippen molar-refractivity contribution in [3.8, 4) is 0 Å². The third-order valence-electron chi connectivity index (χ3n) is 3.01. The van der Waals surface area contributed by atoms with Crippen LogP contribution in [-0.2, 0) is 9.63 Å². The van der Waals surface area contributed by atoms with Gasteiger partial charge in [0.15, 0.2) is 0 Å². The van der Waals surface area contributed by atoms with Gasteiger partial charge in [-0.15, -0.1) is 11.3 Å². The van der Waals surface area contributed by atoms with Crippen molar-refractivity contribution >= 4 is 63.4 Å². The highest BCUT2D eigenvalue weighted by Crippen LogP contribution is 2.28. The number of benzene rings is 1. The molecule has 3 rings (SSSR count). The summed E-state index contributed by atoms with van der Waals surface area (Å²) in [4.78, 5) is 18.3. The number of hydrogen-bond donors (Lipinski definition) is 1. The lowest BCUT2D eigenvalue weighted by atomic mass is 10.1. The summed E-state index contributed by atoms with van der Waals surface area (Å²) in [5.74, 6) is -0.314. The third kappa shape index (κ3) is 3.38. The van der Waals surface area contributed by atoms with Crippen molar-refractivity contribution in [3.63, 3.8) is 0 Å². The van der Waals surface area contributed by atoms with Gasteiger partial charge in [-0.3, -0.25) is 4.79 Å². The molecule has 114 valence electrons. The van der Waals surface area contributed by atoms with Crippen LogP contribution in [0, 0.1) is 0 Å².